The second-order valence-electron chi connectivity index (χ2n) is 8.29. The predicted octanol–water partition coefficient (Wildman–Crippen LogP) is 2.08. The number of aliphatic hydroxyl groups is 3. The molecule has 0 spiro atoms. The zero-order valence-corrected chi connectivity index (χ0v) is 18.4. The molecule has 1 saturated heterocycles. The molecule has 4 atom stereocenters. The lowest BCUT2D eigenvalue weighted by molar-refractivity contribution is -0.0502. The number of hydrogen-bond donors (Lipinski definition) is 4. The van der Waals surface area contributed by atoms with Crippen LogP contribution in [0.1, 0.15) is 37.5 Å². The van der Waals surface area contributed by atoms with Gasteiger partial charge in [-0.1, -0.05) is 54.9 Å². The second kappa shape index (κ2) is 9.32. The van der Waals surface area contributed by atoms with Gasteiger partial charge < -0.3 is 25.4 Å². The molecule has 1 aromatic carbocycles. The maximum absolute atomic E-state index is 10.7. The van der Waals surface area contributed by atoms with E-state index in [-0.39, 0.29) is 12.6 Å². The Morgan fingerprint density at radius 2 is 1.88 bits per heavy atom. The Morgan fingerprint density at radius 1 is 1.09 bits per heavy atom. The van der Waals surface area contributed by atoms with Gasteiger partial charge in [0.1, 0.15) is 35.2 Å². The van der Waals surface area contributed by atoms with Gasteiger partial charge in [0, 0.05) is 11.8 Å². The number of thioether (sulfide) groups is 1. The lowest BCUT2D eigenvalue weighted by Gasteiger charge is -2.21. The molecule has 3 heterocycles. The second-order valence-corrected chi connectivity index (χ2v) is 9.25. The molecule has 1 aliphatic carbocycles. The van der Waals surface area contributed by atoms with Crippen molar-refractivity contribution in [2.24, 2.45) is 0 Å². The van der Waals surface area contributed by atoms with Crippen LogP contribution in [-0.4, -0.2) is 65.8 Å². The van der Waals surface area contributed by atoms with Gasteiger partial charge in [0.25, 0.3) is 0 Å². The largest absolute Gasteiger partial charge is 0.394 e. The average molecular weight is 458 g/mol. The van der Waals surface area contributed by atoms with Crippen molar-refractivity contribution in [1.29, 1.82) is 0 Å². The Kier molecular flexibility index (Phi) is 6.29. The first-order valence-corrected chi connectivity index (χ1v) is 11.9. The van der Waals surface area contributed by atoms with E-state index >= 15 is 0 Å². The SMILES string of the molecule is OC[C@H]1OC(n2c(NC3CCCC3)nc3c(SCc4ccccc4)ncnc32)[C@H](O)[C@@H]1O. The summed E-state index contributed by atoms with van der Waals surface area (Å²) in [6, 6.07) is 10.4. The number of rotatable bonds is 7. The minimum Gasteiger partial charge on any atom is -0.394 e. The van der Waals surface area contributed by atoms with Gasteiger partial charge in [-0.05, 0) is 18.4 Å². The summed E-state index contributed by atoms with van der Waals surface area (Å²) in [5, 5.41) is 34.8. The first kappa shape index (κ1) is 21.6. The number of nitrogens with one attached hydrogen (secondary N) is 1. The van der Waals surface area contributed by atoms with Gasteiger partial charge in [-0.15, -0.1) is 0 Å². The van der Waals surface area contributed by atoms with E-state index in [4.69, 9.17) is 9.72 Å². The van der Waals surface area contributed by atoms with E-state index in [0.29, 0.717) is 17.1 Å². The summed E-state index contributed by atoms with van der Waals surface area (Å²) < 4.78 is 7.53. The lowest BCUT2D eigenvalue weighted by Crippen LogP contribution is -2.33. The number of benzene rings is 1. The first-order valence-electron chi connectivity index (χ1n) is 10.9. The van der Waals surface area contributed by atoms with E-state index in [1.54, 1.807) is 16.3 Å². The summed E-state index contributed by atoms with van der Waals surface area (Å²) in [6.45, 7) is -0.389. The van der Waals surface area contributed by atoms with Crippen LogP contribution in [0.2, 0.25) is 0 Å². The Hall–Kier alpha value is -2.24. The highest BCUT2D eigenvalue weighted by Crippen LogP contribution is 2.37. The third-order valence-corrected chi connectivity index (χ3v) is 7.17. The number of ether oxygens (including phenoxy) is 1. The predicted molar refractivity (Wildman–Crippen MR) is 120 cm³/mol. The number of imidazole rings is 1. The van der Waals surface area contributed by atoms with Crippen LogP contribution < -0.4 is 5.32 Å². The highest BCUT2D eigenvalue weighted by Gasteiger charge is 2.45. The van der Waals surface area contributed by atoms with Crippen LogP contribution in [0.4, 0.5) is 5.95 Å². The Balaban J connectivity index is 1.53. The van der Waals surface area contributed by atoms with Crippen molar-refractivity contribution in [1.82, 2.24) is 19.5 Å². The van der Waals surface area contributed by atoms with E-state index in [1.165, 1.54) is 11.9 Å². The number of hydrogen-bond acceptors (Lipinski definition) is 9. The van der Waals surface area contributed by atoms with Crippen LogP contribution in [0.3, 0.4) is 0 Å². The molecule has 9 nitrogen and oxygen atoms in total. The zero-order valence-electron chi connectivity index (χ0n) is 17.5. The topological polar surface area (TPSA) is 126 Å². The molecule has 1 saturated carbocycles. The minimum atomic E-state index is -1.22. The quantitative estimate of drug-likeness (QED) is 0.312. The molecule has 4 N–H and O–H groups in total. The summed E-state index contributed by atoms with van der Waals surface area (Å²) in [6.07, 6.45) is 1.67. The van der Waals surface area contributed by atoms with Crippen molar-refractivity contribution in [3.05, 3.63) is 42.2 Å². The van der Waals surface area contributed by atoms with E-state index in [1.807, 2.05) is 18.2 Å². The van der Waals surface area contributed by atoms with Gasteiger partial charge in [0.05, 0.1) is 6.61 Å². The Morgan fingerprint density at radius 3 is 2.59 bits per heavy atom. The van der Waals surface area contributed by atoms with E-state index in [9.17, 15) is 15.3 Å². The molecule has 0 amide bonds. The average Bonchev–Trinajstić information content (AvgIpc) is 3.52. The van der Waals surface area contributed by atoms with Crippen LogP contribution in [-0.2, 0) is 10.5 Å². The number of nitrogens with zero attached hydrogens (tertiary/aromatic N) is 4. The van der Waals surface area contributed by atoms with Gasteiger partial charge in [-0.2, -0.15) is 0 Å². The molecule has 1 unspecified atom stereocenters. The van der Waals surface area contributed by atoms with E-state index in [2.05, 4.69) is 27.4 Å². The normalized spacial score (nSPS) is 26.2. The maximum Gasteiger partial charge on any atom is 0.207 e. The van der Waals surface area contributed by atoms with Crippen molar-refractivity contribution < 1.29 is 20.1 Å². The minimum absolute atomic E-state index is 0.274. The smallest absolute Gasteiger partial charge is 0.207 e. The summed E-state index contributed by atoms with van der Waals surface area (Å²) in [5.74, 6) is 1.27. The van der Waals surface area contributed by atoms with Gasteiger partial charge in [-0.3, -0.25) is 4.57 Å². The third kappa shape index (κ3) is 4.08. The number of anilines is 1. The Bertz CT molecular complexity index is 1060. The van der Waals surface area contributed by atoms with Gasteiger partial charge in [0.15, 0.2) is 11.9 Å². The van der Waals surface area contributed by atoms with Crippen LogP contribution >= 0.6 is 11.8 Å². The monoisotopic (exact) mass is 457 g/mol. The van der Waals surface area contributed by atoms with E-state index in [0.717, 1.165) is 36.5 Å². The molecule has 2 fully saturated rings. The fourth-order valence-corrected chi connectivity index (χ4v) is 5.30. The van der Waals surface area contributed by atoms with Gasteiger partial charge in [0.2, 0.25) is 5.95 Å². The highest BCUT2D eigenvalue weighted by molar-refractivity contribution is 7.98. The highest BCUT2D eigenvalue weighted by atomic mass is 32.2. The van der Waals surface area contributed by atoms with Crippen molar-refractivity contribution in [2.45, 2.75) is 67.0 Å². The van der Waals surface area contributed by atoms with Crippen LogP contribution in [0.15, 0.2) is 41.7 Å². The third-order valence-electron chi connectivity index (χ3n) is 6.12. The molecule has 1 aliphatic heterocycles. The number of aromatic nitrogens is 4. The maximum atomic E-state index is 10.7. The molecule has 0 bridgehead atoms. The van der Waals surface area contributed by atoms with Crippen LogP contribution in [0.25, 0.3) is 11.2 Å². The summed E-state index contributed by atoms with van der Waals surface area (Å²) in [5.41, 5.74) is 2.31. The number of aliphatic hydroxyl groups excluding tert-OH is 3. The molecule has 3 aromatic rings. The molecule has 0 radical (unpaired) electrons. The molecule has 2 aliphatic rings. The molecule has 10 heteroatoms. The van der Waals surface area contributed by atoms with Crippen molar-refractivity contribution in [3.63, 3.8) is 0 Å². The first-order chi connectivity index (χ1) is 15.7. The van der Waals surface area contributed by atoms with Crippen molar-refractivity contribution in [3.8, 4) is 0 Å². The molecule has 32 heavy (non-hydrogen) atoms. The molecule has 2 aromatic heterocycles. The van der Waals surface area contributed by atoms with Crippen LogP contribution in [0, 0.1) is 0 Å². The summed E-state index contributed by atoms with van der Waals surface area (Å²) in [7, 11) is 0. The molecule has 170 valence electrons. The van der Waals surface area contributed by atoms with Gasteiger partial charge in [-0.25, -0.2) is 15.0 Å². The molecule has 5 rings (SSSR count). The standard InChI is InChI=1S/C22H27N5O4S/c28-10-15-17(29)18(30)21(31-15)27-19-16(26-22(27)25-14-8-4-5-9-14)20(24-12-23-19)32-11-13-6-2-1-3-7-13/h1-3,6-7,12,14-15,17-18,21,28-30H,4-5,8-11H2,(H,25,26)/t15-,17-,18-,21?/m1/s1. The fourth-order valence-electron chi connectivity index (χ4n) is 4.41. The number of fused-ring (bicyclic) bond motifs is 1. The molecular weight excluding hydrogens is 430 g/mol. The van der Waals surface area contributed by atoms with E-state index < -0.39 is 24.5 Å². The van der Waals surface area contributed by atoms with Crippen molar-refractivity contribution in [2.75, 3.05) is 11.9 Å². The summed E-state index contributed by atoms with van der Waals surface area (Å²) >= 11 is 1.57. The Labute approximate surface area is 189 Å². The zero-order chi connectivity index (χ0) is 22.1. The lowest BCUT2D eigenvalue weighted by atomic mass is 10.1. The van der Waals surface area contributed by atoms with Crippen LogP contribution in [0.5, 0.6) is 0 Å². The van der Waals surface area contributed by atoms with Gasteiger partial charge >= 0.3 is 0 Å². The molecular formula is C22H27N5O4S. The fraction of sp³-hybridized carbons (Fsp3) is 0.500. The van der Waals surface area contributed by atoms with Crippen molar-refractivity contribution >= 4 is 28.9 Å². The summed E-state index contributed by atoms with van der Waals surface area (Å²) in [4.78, 5) is 13.7.